The minimum Gasteiger partial charge on any atom is -0.462 e. The van der Waals surface area contributed by atoms with Crippen molar-refractivity contribution >= 4 is 5.97 Å². The molecule has 4 aliphatic carbocycles. The third-order valence-corrected chi connectivity index (χ3v) is 5.62. The van der Waals surface area contributed by atoms with Gasteiger partial charge in [-0.3, -0.25) is 4.79 Å². The van der Waals surface area contributed by atoms with Gasteiger partial charge in [0.25, 0.3) is 0 Å². The highest BCUT2D eigenvalue weighted by Gasteiger charge is 2.50. The van der Waals surface area contributed by atoms with E-state index in [4.69, 9.17) is 4.74 Å². The first-order valence-corrected chi connectivity index (χ1v) is 7.75. The molecule has 4 bridgehead atoms. The molecule has 18 heavy (non-hydrogen) atoms. The fraction of sp³-hybridized carbons (Fsp3) is 0.938. The largest absolute Gasteiger partial charge is 0.462 e. The number of esters is 1. The molecule has 0 amide bonds. The molecular formula is C16H26O2. The molecular weight excluding hydrogens is 224 g/mol. The number of hydrogen-bond acceptors (Lipinski definition) is 2. The van der Waals surface area contributed by atoms with Crippen molar-refractivity contribution in [1.29, 1.82) is 0 Å². The molecule has 2 nitrogen and oxygen atoms in total. The predicted octanol–water partition coefficient (Wildman–Crippen LogP) is 3.65. The Morgan fingerprint density at radius 2 is 1.44 bits per heavy atom. The zero-order valence-corrected chi connectivity index (χ0v) is 11.9. The van der Waals surface area contributed by atoms with Crippen LogP contribution in [0.1, 0.15) is 52.9 Å². The predicted molar refractivity (Wildman–Crippen MR) is 70.9 cm³/mol. The van der Waals surface area contributed by atoms with Gasteiger partial charge in [-0.05, 0) is 62.7 Å². The molecule has 4 aliphatic rings. The molecule has 0 aliphatic heterocycles. The van der Waals surface area contributed by atoms with Gasteiger partial charge < -0.3 is 4.74 Å². The Balaban J connectivity index is 1.67. The van der Waals surface area contributed by atoms with Crippen molar-refractivity contribution in [3.05, 3.63) is 0 Å². The molecule has 0 spiro atoms. The van der Waals surface area contributed by atoms with Crippen LogP contribution in [0.2, 0.25) is 0 Å². The lowest BCUT2D eigenvalue weighted by Gasteiger charge is -2.55. The molecule has 0 heterocycles. The summed E-state index contributed by atoms with van der Waals surface area (Å²) in [5.41, 5.74) is 0. The summed E-state index contributed by atoms with van der Waals surface area (Å²) in [5, 5.41) is 0. The molecule has 0 aromatic heterocycles. The Bertz CT molecular complexity index is 306. The van der Waals surface area contributed by atoms with E-state index in [2.05, 4.69) is 6.92 Å². The Hall–Kier alpha value is -0.530. The molecule has 1 atom stereocenters. The van der Waals surface area contributed by atoms with E-state index in [9.17, 15) is 4.79 Å². The summed E-state index contributed by atoms with van der Waals surface area (Å²) in [6.07, 6.45) is 7.24. The molecule has 0 radical (unpaired) electrons. The second-order valence-electron chi connectivity index (χ2n) is 7.30. The maximum Gasteiger partial charge on any atom is 0.308 e. The smallest absolute Gasteiger partial charge is 0.308 e. The molecule has 0 aromatic rings. The van der Waals surface area contributed by atoms with Crippen LogP contribution in [-0.2, 0) is 9.53 Å². The van der Waals surface area contributed by atoms with E-state index >= 15 is 0 Å². The van der Waals surface area contributed by atoms with Crippen molar-refractivity contribution in [3.8, 4) is 0 Å². The van der Waals surface area contributed by atoms with Crippen molar-refractivity contribution in [1.82, 2.24) is 0 Å². The molecule has 0 aromatic carbocycles. The van der Waals surface area contributed by atoms with Crippen molar-refractivity contribution < 1.29 is 9.53 Å². The van der Waals surface area contributed by atoms with E-state index < -0.39 is 0 Å². The van der Waals surface area contributed by atoms with Gasteiger partial charge in [0.05, 0.1) is 5.92 Å². The van der Waals surface area contributed by atoms with Crippen LogP contribution < -0.4 is 0 Å². The number of hydrogen-bond donors (Lipinski definition) is 0. The standard InChI is InChI=1S/C16H26O2/c1-9(2)16(17)18-10(3)15-13-5-11-4-12(7-13)8-14(15)6-11/h9-15H,4-8H2,1-3H3. The van der Waals surface area contributed by atoms with Gasteiger partial charge in [-0.2, -0.15) is 0 Å². The highest BCUT2D eigenvalue weighted by atomic mass is 16.5. The molecule has 1 unspecified atom stereocenters. The lowest BCUT2D eigenvalue weighted by atomic mass is 9.51. The first kappa shape index (κ1) is 12.5. The number of carbonyl (C=O) groups is 1. The average Bonchev–Trinajstić information content (AvgIpc) is 2.26. The van der Waals surface area contributed by atoms with Gasteiger partial charge in [0.15, 0.2) is 0 Å². The first-order valence-electron chi connectivity index (χ1n) is 7.75. The monoisotopic (exact) mass is 250 g/mol. The van der Waals surface area contributed by atoms with E-state index in [0.717, 1.165) is 23.7 Å². The minimum atomic E-state index is -0.0173. The van der Waals surface area contributed by atoms with Crippen LogP contribution in [0.5, 0.6) is 0 Å². The van der Waals surface area contributed by atoms with Crippen LogP contribution in [0, 0.1) is 35.5 Å². The SMILES string of the molecule is CC(C)C(=O)OC(C)C1C2CC3CC(C2)CC1C3. The van der Waals surface area contributed by atoms with Crippen LogP contribution in [0.15, 0.2) is 0 Å². The summed E-state index contributed by atoms with van der Waals surface area (Å²) in [6.45, 7) is 5.98. The topological polar surface area (TPSA) is 26.3 Å². The molecule has 0 N–H and O–H groups in total. The normalized spacial score (nSPS) is 43.2. The fourth-order valence-electron chi connectivity index (χ4n) is 5.13. The third-order valence-electron chi connectivity index (χ3n) is 5.62. The lowest BCUT2D eigenvalue weighted by molar-refractivity contribution is -0.164. The van der Waals surface area contributed by atoms with Crippen molar-refractivity contribution in [3.63, 3.8) is 0 Å². The van der Waals surface area contributed by atoms with E-state index in [-0.39, 0.29) is 18.0 Å². The van der Waals surface area contributed by atoms with Gasteiger partial charge >= 0.3 is 5.97 Å². The molecule has 2 heteroatoms. The van der Waals surface area contributed by atoms with Gasteiger partial charge in [0, 0.05) is 5.92 Å². The molecule has 4 fully saturated rings. The van der Waals surface area contributed by atoms with Crippen LogP contribution in [0.25, 0.3) is 0 Å². The van der Waals surface area contributed by atoms with Crippen molar-refractivity contribution in [2.24, 2.45) is 35.5 Å². The maximum absolute atomic E-state index is 11.8. The summed E-state index contributed by atoms with van der Waals surface area (Å²) in [7, 11) is 0. The minimum absolute atomic E-state index is 0.00397. The summed E-state index contributed by atoms with van der Waals surface area (Å²) >= 11 is 0. The highest BCUT2D eigenvalue weighted by Crippen LogP contribution is 2.57. The van der Waals surface area contributed by atoms with E-state index in [0.29, 0.717) is 5.92 Å². The van der Waals surface area contributed by atoms with E-state index in [1.165, 1.54) is 32.1 Å². The number of carbonyl (C=O) groups excluding carboxylic acids is 1. The second kappa shape index (κ2) is 4.54. The zero-order chi connectivity index (χ0) is 12.9. The van der Waals surface area contributed by atoms with E-state index in [1.807, 2.05) is 13.8 Å². The Kier molecular flexibility index (Phi) is 3.15. The van der Waals surface area contributed by atoms with Gasteiger partial charge in [-0.1, -0.05) is 13.8 Å². The van der Waals surface area contributed by atoms with Gasteiger partial charge in [-0.25, -0.2) is 0 Å². The van der Waals surface area contributed by atoms with Crippen molar-refractivity contribution in [2.45, 2.75) is 59.0 Å². The summed E-state index contributed by atoms with van der Waals surface area (Å²) in [6, 6.07) is 0. The first-order chi connectivity index (χ1) is 8.54. The molecule has 4 saturated carbocycles. The Morgan fingerprint density at radius 3 is 1.89 bits per heavy atom. The van der Waals surface area contributed by atoms with Crippen LogP contribution in [-0.4, -0.2) is 12.1 Å². The zero-order valence-electron chi connectivity index (χ0n) is 11.9. The van der Waals surface area contributed by atoms with Crippen LogP contribution in [0.3, 0.4) is 0 Å². The molecule has 4 rings (SSSR count). The van der Waals surface area contributed by atoms with Crippen molar-refractivity contribution in [2.75, 3.05) is 0 Å². The summed E-state index contributed by atoms with van der Waals surface area (Å²) in [4.78, 5) is 11.8. The Labute approximate surface area is 110 Å². The fourth-order valence-corrected chi connectivity index (χ4v) is 5.13. The number of ether oxygens (including phenoxy) is 1. The second-order valence-corrected chi connectivity index (χ2v) is 7.30. The summed E-state index contributed by atoms with van der Waals surface area (Å²) in [5.74, 6) is 4.32. The Morgan fingerprint density at radius 1 is 0.944 bits per heavy atom. The average molecular weight is 250 g/mol. The lowest BCUT2D eigenvalue weighted by Crippen LogP contribution is -2.49. The van der Waals surface area contributed by atoms with Gasteiger partial charge in [-0.15, -0.1) is 0 Å². The van der Waals surface area contributed by atoms with Crippen LogP contribution >= 0.6 is 0 Å². The number of rotatable bonds is 3. The van der Waals surface area contributed by atoms with Gasteiger partial charge in [0.2, 0.25) is 0 Å². The third kappa shape index (κ3) is 2.08. The molecule has 0 saturated heterocycles. The van der Waals surface area contributed by atoms with Crippen LogP contribution in [0.4, 0.5) is 0 Å². The quantitative estimate of drug-likeness (QED) is 0.715. The van der Waals surface area contributed by atoms with E-state index in [1.54, 1.807) is 0 Å². The maximum atomic E-state index is 11.8. The van der Waals surface area contributed by atoms with Gasteiger partial charge in [0.1, 0.15) is 6.10 Å². The highest BCUT2D eigenvalue weighted by molar-refractivity contribution is 5.71. The molecule has 102 valence electrons. The summed E-state index contributed by atoms with van der Waals surface area (Å²) < 4.78 is 5.70.